The van der Waals surface area contributed by atoms with Crippen LogP contribution in [0.25, 0.3) is 0 Å². The molecule has 1 fully saturated rings. The number of urea groups is 1. The Labute approximate surface area is 156 Å². The molecular formula is C19H18ClN3O3. The summed E-state index contributed by atoms with van der Waals surface area (Å²) in [4.78, 5) is 38.3. The maximum atomic E-state index is 12.8. The number of benzene rings is 2. The standard InChI is InChI=1S/C19H18ClN3O3/c1-12-7-9-13(10-8-12)19(2)17(25)23(18(26)22-19)11-16(24)21-15-6-4-3-5-14(15)20/h3-10H,11H2,1-2H3,(H,21,24)(H,22,26)/t19-/m1/s1. The summed E-state index contributed by atoms with van der Waals surface area (Å²) < 4.78 is 0. The number of anilines is 1. The number of rotatable bonds is 4. The quantitative estimate of drug-likeness (QED) is 0.811. The van der Waals surface area contributed by atoms with Gasteiger partial charge in [0.2, 0.25) is 5.91 Å². The van der Waals surface area contributed by atoms with Crippen molar-refractivity contribution in [2.75, 3.05) is 11.9 Å². The van der Waals surface area contributed by atoms with Crippen molar-refractivity contribution in [2.24, 2.45) is 0 Å². The van der Waals surface area contributed by atoms with Crippen molar-refractivity contribution in [1.29, 1.82) is 0 Å². The van der Waals surface area contributed by atoms with Crippen molar-refractivity contribution in [3.05, 3.63) is 64.7 Å². The van der Waals surface area contributed by atoms with Gasteiger partial charge in [0.25, 0.3) is 5.91 Å². The molecule has 1 aliphatic rings. The highest BCUT2D eigenvalue weighted by Crippen LogP contribution is 2.29. The minimum Gasteiger partial charge on any atom is -0.323 e. The first-order valence-corrected chi connectivity index (χ1v) is 8.45. The fraction of sp³-hybridized carbons (Fsp3) is 0.211. The van der Waals surface area contributed by atoms with Crippen LogP contribution in [0.5, 0.6) is 0 Å². The van der Waals surface area contributed by atoms with E-state index in [4.69, 9.17) is 11.6 Å². The highest BCUT2D eigenvalue weighted by atomic mass is 35.5. The molecule has 2 aromatic rings. The Morgan fingerprint density at radius 1 is 1.15 bits per heavy atom. The van der Waals surface area contributed by atoms with E-state index in [1.54, 1.807) is 43.3 Å². The molecule has 0 unspecified atom stereocenters. The second kappa shape index (κ2) is 6.80. The number of carbonyl (C=O) groups excluding carboxylic acids is 3. The molecular weight excluding hydrogens is 354 g/mol. The molecule has 7 heteroatoms. The average Bonchev–Trinajstić information content (AvgIpc) is 2.82. The first-order chi connectivity index (χ1) is 12.3. The first kappa shape index (κ1) is 17.9. The van der Waals surface area contributed by atoms with Gasteiger partial charge in [0.1, 0.15) is 12.1 Å². The SMILES string of the molecule is Cc1ccc([C@@]2(C)NC(=O)N(CC(=O)Nc3ccccc3Cl)C2=O)cc1. The molecule has 2 N–H and O–H groups in total. The van der Waals surface area contributed by atoms with Gasteiger partial charge in [-0.2, -0.15) is 0 Å². The summed E-state index contributed by atoms with van der Waals surface area (Å²) in [6, 6.07) is 13.5. The van der Waals surface area contributed by atoms with Gasteiger partial charge in [-0.25, -0.2) is 4.79 Å². The summed E-state index contributed by atoms with van der Waals surface area (Å²) in [5, 5.41) is 5.66. The number of amides is 4. The van der Waals surface area contributed by atoms with E-state index in [2.05, 4.69) is 10.6 Å². The van der Waals surface area contributed by atoms with Gasteiger partial charge < -0.3 is 10.6 Å². The second-order valence-electron chi connectivity index (χ2n) is 6.34. The molecule has 6 nitrogen and oxygen atoms in total. The normalized spacial score (nSPS) is 19.4. The molecule has 1 heterocycles. The van der Waals surface area contributed by atoms with Crippen LogP contribution in [0.15, 0.2) is 48.5 Å². The largest absolute Gasteiger partial charge is 0.325 e. The Hall–Kier alpha value is -2.86. The van der Waals surface area contributed by atoms with Crippen LogP contribution in [0.4, 0.5) is 10.5 Å². The summed E-state index contributed by atoms with van der Waals surface area (Å²) >= 11 is 6.01. The predicted octanol–water partition coefficient (Wildman–Crippen LogP) is 3.05. The van der Waals surface area contributed by atoms with Gasteiger partial charge in [0.05, 0.1) is 10.7 Å². The number of hydrogen-bond donors (Lipinski definition) is 2. The third-order valence-electron chi connectivity index (χ3n) is 4.35. The third kappa shape index (κ3) is 3.28. The monoisotopic (exact) mass is 371 g/mol. The summed E-state index contributed by atoms with van der Waals surface area (Å²) in [5.74, 6) is -0.976. The number of para-hydroxylation sites is 1. The highest BCUT2D eigenvalue weighted by Gasteiger charge is 2.49. The zero-order chi connectivity index (χ0) is 18.9. The molecule has 4 amide bonds. The maximum Gasteiger partial charge on any atom is 0.325 e. The molecule has 2 aromatic carbocycles. The van der Waals surface area contributed by atoms with E-state index in [0.29, 0.717) is 16.3 Å². The second-order valence-corrected chi connectivity index (χ2v) is 6.75. The van der Waals surface area contributed by atoms with Crippen molar-refractivity contribution >= 4 is 35.1 Å². The van der Waals surface area contributed by atoms with Crippen molar-refractivity contribution in [2.45, 2.75) is 19.4 Å². The Morgan fingerprint density at radius 3 is 2.46 bits per heavy atom. The summed E-state index contributed by atoms with van der Waals surface area (Å²) in [6.45, 7) is 3.17. The first-order valence-electron chi connectivity index (χ1n) is 8.07. The van der Waals surface area contributed by atoms with Gasteiger partial charge in [0, 0.05) is 0 Å². The van der Waals surface area contributed by atoms with Gasteiger partial charge >= 0.3 is 6.03 Å². The highest BCUT2D eigenvalue weighted by molar-refractivity contribution is 6.33. The summed E-state index contributed by atoms with van der Waals surface area (Å²) in [5.41, 5.74) is 0.934. The van der Waals surface area contributed by atoms with Crippen LogP contribution in [-0.2, 0) is 15.1 Å². The zero-order valence-corrected chi connectivity index (χ0v) is 15.1. The molecule has 1 aliphatic heterocycles. The molecule has 0 aromatic heterocycles. The molecule has 1 atom stereocenters. The van der Waals surface area contributed by atoms with E-state index in [1.807, 2.05) is 19.1 Å². The van der Waals surface area contributed by atoms with Crippen molar-refractivity contribution in [1.82, 2.24) is 10.2 Å². The molecule has 3 rings (SSSR count). The van der Waals surface area contributed by atoms with E-state index >= 15 is 0 Å². The lowest BCUT2D eigenvalue weighted by Crippen LogP contribution is -2.42. The predicted molar refractivity (Wildman–Crippen MR) is 98.9 cm³/mol. The van der Waals surface area contributed by atoms with Crippen molar-refractivity contribution in [3.63, 3.8) is 0 Å². The Kier molecular flexibility index (Phi) is 4.70. The van der Waals surface area contributed by atoms with Gasteiger partial charge in [0.15, 0.2) is 0 Å². The average molecular weight is 372 g/mol. The van der Waals surface area contributed by atoms with E-state index in [1.165, 1.54) is 0 Å². The fourth-order valence-corrected chi connectivity index (χ4v) is 3.00. The molecule has 0 aliphatic carbocycles. The number of nitrogens with zero attached hydrogens (tertiary/aromatic N) is 1. The number of carbonyl (C=O) groups is 3. The molecule has 1 saturated heterocycles. The molecule has 26 heavy (non-hydrogen) atoms. The van der Waals surface area contributed by atoms with Crippen LogP contribution < -0.4 is 10.6 Å². The number of aryl methyl sites for hydroxylation is 1. The maximum absolute atomic E-state index is 12.8. The van der Waals surface area contributed by atoms with Crippen LogP contribution in [0, 0.1) is 6.92 Å². The van der Waals surface area contributed by atoms with Crippen LogP contribution in [0.1, 0.15) is 18.1 Å². The summed E-state index contributed by atoms with van der Waals surface area (Å²) in [6.07, 6.45) is 0. The van der Waals surface area contributed by atoms with Gasteiger partial charge in [-0.15, -0.1) is 0 Å². The summed E-state index contributed by atoms with van der Waals surface area (Å²) in [7, 11) is 0. The van der Waals surface area contributed by atoms with Gasteiger partial charge in [-0.1, -0.05) is 53.6 Å². The van der Waals surface area contributed by atoms with Crippen molar-refractivity contribution in [3.8, 4) is 0 Å². The van der Waals surface area contributed by atoms with Crippen LogP contribution in [0.2, 0.25) is 5.02 Å². The lowest BCUT2D eigenvalue weighted by molar-refractivity contribution is -0.133. The minimum absolute atomic E-state index is 0.377. The van der Waals surface area contributed by atoms with Crippen LogP contribution in [0.3, 0.4) is 0 Å². The Morgan fingerprint density at radius 2 is 1.81 bits per heavy atom. The van der Waals surface area contributed by atoms with E-state index in [9.17, 15) is 14.4 Å². The molecule has 0 bridgehead atoms. The van der Waals surface area contributed by atoms with E-state index in [-0.39, 0.29) is 0 Å². The Balaban J connectivity index is 1.76. The molecule has 134 valence electrons. The van der Waals surface area contributed by atoms with Crippen molar-refractivity contribution < 1.29 is 14.4 Å². The van der Waals surface area contributed by atoms with Gasteiger partial charge in [-0.3, -0.25) is 14.5 Å². The number of nitrogens with one attached hydrogen (secondary N) is 2. The fourth-order valence-electron chi connectivity index (χ4n) is 2.82. The Bertz CT molecular complexity index is 882. The van der Waals surface area contributed by atoms with E-state index < -0.39 is 29.9 Å². The lowest BCUT2D eigenvalue weighted by atomic mass is 9.91. The lowest BCUT2D eigenvalue weighted by Gasteiger charge is -2.22. The third-order valence-corrected chi connectivity index (χ3v) is 4.68. The topological polar surface area (TPSA) is 78.5 Å². The number of hydrogen-bond acceptors (Lipinski definition) is 3. The molecule has 0 spiro atoms. The molecule has 0 saturated carbocycles. The number of imide groups is 1. The minimum atomic E-state index is -1.20. The van der Waals surface area contributed by atoms with E-state index in [0.717, 1.165) is 10.5 Å². The molecule has 0 radical (unpaired) electrons. The number of halogens is 1. The van der Waals surface area contributed by atoms with Crippen LogP contribution in [-0.4, -0.2) is 29.3 Å². The van der Waals surface area contributed by atoms with Gasteiger partial charge in [-0.05, 0) is 31.5 Å². The smallest absolute Gasteiger partial charge is 0.323 e. The van der Waals surface area contributed by atoms with Crippen LogP contribution >= 0.6 is 11.6 Å². The zero-order valence-electron chi connectivity index (χ0n) is 14.4.